The Kier molecular flexibility index (Phi) is 8.64. The van der Waals surface area contributed by atoms with Crippen molar-refractivity contribution in [3.8, 4) is 0 Å². The molecule has 0 saturated carbocycles. The molecule has 4 N–H and O–H groups in total. The molecule has 1 aliphatic heterocycles. The van der Waals surface area contributed by atoms with Gasteiger partial charge in [-0.05, 0) is 45.1 Å². The fourth-order valence-electron chi connectivity index (χ4n) is 2.00. The molecular formula is C13H24N2O4S. The van der Waals surface area contributed by atoms with E-state index in [0.717, 1.165) is 32.3 Å². The van der Waals surface area contributed by atoms with Crippen molar-refractivity contribution in [1.29, 1.82) is 0 Å². The van der Waals surface area contributed by atoms with Gasteiger partial charge in [0.2, 0.25) is 5.91 Å². The van der Waals surface area contributed by atoms with Gasteiger partial charge >= 0.3 is 5.97 Å². The smallest absolute Gasteiger partial charge is 0.326 e. The second-order valence-corrected chi connectivity index (χ2v) is 6.00. The van der Waals surface area contributed by atoms with Gasteiger partial charge in [-0.2, -0.15) is 0 Å². The largest absolute Gasteiger partial charge is 0.480 e. The van der Waals surface area contributed by atoms with E-state index in [4.69, 9.17) is 15.6 Å². The minimum atomic E-state index is -0.991. The molecule has 20 heavy (non-hydrogen) atoms. The van der Waals surface area contributed by atoms with Crippen molar-refractivity contribution in [3.63, 3.8) is 0 Å². The van der Waals surface area contributed by atoms with Crippen molar-refractivity contribution in [2.24, 2.45) is 5.73 Å². The van der Waals surface area contributed by atoms with Gasteiger partial charge in [-0.1, -0.05) is 0 Å². The SMILES string of the molecule is NCCCC[C@H](NC(=O)CS[C@H]1CCCCO1)C(=O)O. The second-order valence-electron chi connectivity index (χ2n) is 4.85. The van der Waals surface area contributed by atoms with Crippen LogP contribution in [0.1, 0.15) is 38.5 Å². The van der Waals surface area contributed by atoms with Crippen molar-refractivity contribution in [2.45, 2.75) is 50.0 Å². The number of carboxylic acid groups (broad SMARTS) is 1. The first kappa shape index (κ1) is 17.3. The first-order valence-corrected chi connectivity index (χ1v) is 8.14. The van der Waals surface area contributed by atoms with Gasteiger partial charge in [0.05, 0.1) is 5.75 Å². The third kappa shape index (κ3) is 7.12. The van der Waals surface area contributed by atoms with Crippen LogP contribution in [0.4, 0.5) is 0 Å². The molecular weight excluding hydrogens is 280 g/mol. The Morgan fingerprint density at radius 2 is 2.20 bits per heavy atom. The molecule has 0 radical (unpaired) electrons. The molecule has 1 amide bonds. The number of carboxylic acids is 1. The molecule has 0 spiro atoms. The monoisotopic (exact) mass is 304 g/mol. The van der Waals surface area contributed by atoms with Gasteiger partial charge in [0.1, 0.15) is 11.5 Å². The van der Waals surface area contributed by atoms with Gasteiger partial charge in [0.15, 0.2) is 0 Å². The van der Waals surface area contributed by atoms with E-state index in [1.807, 2.05) is 0 Å². The number of rotatable bonds is 9. The standard InChI is InChI=1S/C13H24N2O4S/c14-7-3-1-5-10(13(17)18)15-11(16)9-20-12-6-2-4-8-19-12/h10,12H,1-9,14H2,(H,15,16)(H,17,18)/t10-,12-/m0/s1. The van der Waals surface area contributed by atoms with Crippen LogP contribution in [0, 0.1) is 0 Å². The molecule has 1 rings (SSSR count). The molecule has 0 aromatic carbocycles. The summed E-state index contributed by atoms with van der Waals surface area (Å²) in [6, 6.07) is -0.818. The molecule has 1 fully saturated rings. The average Bonchev–Trinajstić information content (AvgIpc) is 2.45. The quantitative estimate of drug-likeness (QED) is 0.548. The van der Waals surface area contributed by atoms with E-state index in [0.29, 0.717) is 19.4 Å². The number of aliphatic carboxylic acids is 1. The molecule has 0 aromatic rings. The molecule has 2 atom stereocenters. The van der Waals surface area contributed by atoms with Crippen molar-refractivity contribution >= 4 is 23.6 Å². The third-order valence-electron chi connectivity index (χ3n) is 3.12. The second kappa shape index (κ2) is 10.0. The molecule has 1 aliphatic rings. The van der Waals surface area contributed by atoms with E-state index in [1.165, 1.54) is 11.8 Å². The molecule has 1 saturated heterocycles. The predicted octanol–water partition coefficient (Wildman–Crippen LogP) is 0.945. The van der Waals surface area contributed by atoms with Gasteiger partial charge in [-0.3, -0.25) is 4.79 Å². The summed E-state index contributed by atoms with van der Waals surface area (Å²) < 4.78 is 5.51. The van der Waals surface area contributed by atoms with Crippen molar-refractivity contribution in [3.05, 3.63) is 0 Å². The number of thioether (sulfide) groups is 1. The first-order chi connectivity index (χ1) is 9.63. The highest BCUT2D eigenvalue weighted by atomic mass is 32.2. The number of carbonyl (C=O) groups excluding carboxylic acids is 1. The van der Waals surface area contributed by atoms with Crippen LogP contribution >= 0.6 is 11.8 Å². The lowest BCUT2D eigenvalue weighted by Gasteiger charge is -2.22. The van der Waals surface area contributed by atoms with Crippen LogP contribution in [0.2, 0.25) is 0 Å². The summed E-state index contributed by atoms with van der Waals surface area (Å²) in [6.07, 6.45) is 5.04. The lowest BCUT2D eigenvalue weighted by atomic mass is 10.1. The molecule has 1 heterocycles. The number of hydrogen-bond donors (Lipinski definition) is 3. The molecule has 7 heteroatoms. The highest BCUT2D eigenvalue weighted by Crippen LogP contribution is 2.22. The zero-order chi connectivity index (χ0) is 14.8. The Bertz CT molecular complexity index is 309. The van der Waals surface area contributed by atoms with Gasteiger partial charge in [0.25, 0.3) is 0 Å². The fraction of sp³-hybridized carbons (Fsp3) is 0.846. The summed E-state index contributed by atoms with van der Waals surface area (Å²) >= 11 is 1.44. The van der Waals surface area contributed by atoms with Crippen LogP contribution in [0.15, 0.2) is 0 Å². The Morgan fingerprint density at radius 3 is 2.80 bits per heavy atom. The summed E-state index contributed by atoms with van der Waals surface area (Å²) in [5.41, 5.74) is 5.44. The highest BCUT2D eigenvalue weighted by molar-refractivity contribution is 8.00. The van der Waals surface area contributed by atoms with Gasteiger partial charge in [-0.25, -0.2) is 4.79 Å². The van der Waals surface area contributed by atoms with E-state index in [9.17, 15) is 9.59 Å². The number of amides is 1. The van der Waals surface area contributed by atoms with Crippen LogP contribution in [-0.2, 0) is 14.3 Å². The molecule has 0 aromatic heterocycles. The zero-order valence-corrected chi connectivity index (χ0v) is 12.5. The maximum atomic E-state index is 11.8. The normalized spacial score (nSPS) is 20.4. The van der Waals surface area contributed by atoms with Crippen molar-refractivity contribution in [2.75, 3.05) is 18.9 Å². The summed E-state index contributed by atoms with van der Waals surface area (Å²) in [6.45, 7) is 1.28. The number of ether oxygens (including phenoxy) is 1. The lowest BCUT2D eigenvalue weighted by Crippen LogP contribution is -2.42. The van der Waals surface area contributed by atoms with Gasteiger partial charge in [0, 0.05) is 6.61 Å². The third-order valence-corrected chi connectivity index (χ3v) is 4.29. The Morgan fingerprint density at radius 1 is 1.40 bits per heavy atom. The zero-order valence-electron chi connectivity index (χ0n) is 11.7. The fourth-order valence-corrected chi connectivity index (χ4v) is 2.94. The van der Waals surface area contributed by atoms with E-state index in [2.05, 4.69) is 5.32 Å². The van der Waals surface area contributed by atoms with Crippen LogP contribution in [0.3, 0.4) is 0 Å². The highest BCUT2D eigenvalue weighted by Gasteiger charge is 2.21. The number of nitrogens with one attached hydrogen (secondary N) is 1. The molecule has 0 aliphatic carbocycles. The summed E-state index contributed by atoms with van der Waals surface area (Å²) in [7, 11) is 0. The van der Waals surface area contributed by atoms with Crippen molar-refractivity contribution in [1.82, 2.24) is 5.32 Å². The lowest BCUT2D eigenvalue weighted by molar-refractivity contribution is -0.141. The molecule has 0 bridgehead atoms. The number of carbonyl (C=O) groups is 2. The van der Waals surface area contributed by atoms with E-state index >= 15 is 0 Å². The van der Waals surface area contributed by atoms with Crippen LogP contribution in [-0.4, -0.2) is 47.4 Å². The number of unbranched alkanes of at least 4 members (excludes halogenated alkanes) is 1. The first-order valence-electron chi connectivity index (χ1n) is 7.09. The maximum absolute atomic E-state index is 11.8. The summed E-state index contributed by atoms with van der Waals surface area (Å²) in [5, 5.41) is 11.6. The van der Waals surface area contributed by atoms with Gasteiger partial charge < -0.3 is 20.9 Å². The Labute approximate surface area is 123 Å². The average molecular weight is 304 g/mol. The predicted molar refractivity (Wildman–Crippen MR) is 78.5 cm³/mol. The van der Waals surface area contributed by atoms with Gasteiger partial charge in [-0.15, -0.1) is 11.8 Å². The Balaban J connectivity index is 2.24. The molecule has 6 nitrogen and oxygen atoms in total. The molecule has 0 unspecified atom stereocenters. The minimum absolute atomic E-state index is 0.0648. The minimum Gasteiger partial charge on any atom is -0.480 e. The number of nitrogens with two attached hydrogens (primary N) is 1. The molecule has 116 valence electrons. The summed E-state index contributed by atoms with van der Waals surface area (Å²) in [4.78, 5) is 22.8. The van der Waals surface area contributed by atoms with E-state index in [1.54, 1.807) is 0 Å². The van der Waals surface area contributed by atoms with Crippen molar-refractivity contribution < 1.29 is 19.4 Å². The topological polar surface area (TPSA) is 102 Å². The van der Waals surface area contributed by atoms with Crippen LogP contribution < -0.4 is 11.1 Å². The Hall–Kier alpha value is -0.790. The van der Waals surface area contributed by atoms with Crippen LogP contribution in [0.5, 0.6) is 0 Å². The summed E-state index contributed by atoms with van der Waals surface area (Å²) in [5.74, 6) is -0.996. The van der Waals surface area contributed by atoms with E-state index in [-0.39, 0.29) is 17.1 Å². The van der Waals surface area contributed by atoms with Crippen LogP contribution in [0.25, 0.3) is 0 Å². The van der Waals surface area contributed by atoms with E-state index < -0.39 is 12.0 Å². The maximum Gasteiger partial charge on any atom is 0.326 e. The number of hydrogen-bond acceptors (Lipinski definition) is 5.